The van der Waals surface area contributed by atoms with Crippen molar-refractivity contribution in [3.8, 4) is 5.75 Å². The molecule has 1 amide bonds. The molecule has 6 nitrogen and oxygen atoms in total. The largest absolute Gasteiger partial charge is 0.494 e. The zero-order valence-corrected chi connectivity index (χ0v) is 13.8. The third kappa shape index (κ3) is 3.25. The number of rotatable bonds is 4. The molecule has 0 aliphatic heterocycles. The van der Waals surface area contributed by atoms with E-state index in [-0.39, 0.29) is 16.0 Å². The Bertz CT molecular complexity index is 667. The third-order valence-corrected chi connectivity index (χ3v) is 3.85. The molecule has 0 bridgehead atoms. The molecule has 2 aromatic rings. The molecule has 9 heteroatoms. The van der Waals surface area contributed by atoms with Gasteiger partial charge in [-0.3, -0.25) is 10.2 Å². The maximum Gasteiger partial charge on any atom is 0.270 e. The molecule has 0 unspecified atom stereocenters. The van der Waals surface area contributed by atoms with Gasteiger partial charge in [0.25, 0.3) is 5.91 Å². The Morgan fingerprint density at radius 1 is 1.33 bits per heavy atom. The van der Waals surface area contributed by atoms with Crippen LogP contribution in [0.4, 0.5) is 0 Å². The minimum Gasteiger partial charge on any atom is -0.494 e. The fourth-order valence-electron chi connectivity index (χ4n) is 1.66. The van der Waals surface area contributed by atoms with E-state index >= 15 is 0 Å². The highest BCUT2D eigenvalue weighted by Gasteiger charge is 2.16. The molecule has 112 valence electrons. The van der Waals surface area contributed by atoms with Crippen molar-refractivity contribution in [3.63, 3.8) is 0 Å². The van der Waals surface area contributed by atoms with E-state index in [1.54, 1.807) is 6.92 Å². The summed E-state index contributed by atoms with van der Waals surface area (Å²) in [7, 11) is 1.46. The van der Waals surface area contributed by atoms with Crippen molar-refractivity contribution in [3.05, 3.63) is 33.6 Å². The fourth-order valence-corrected chi connectivity index (χ4v) is 2.78. The Morgan fingerprint density at radius 3 is 2.48 bits per heavy atom. The van der Waals surface area contributed by atoms with Crippen molar-refractivity contribution < 1.29 is 9.53 Å². The van der Waals surface area contributed by atoms with Crippen molar-refractivity contribution in [2.24, 2.45) is 0 Å². The minimum atomic E-state index is -0.375. The second-order valence-electron chi connectivity index (χ2n) is 3.98. The van der Waals surface area contributed by atoms with Gasteiger partial charge in [0.05, 0.1) is 17.2 Å². The summed E-state index contributed by atoms with van der Waals surface area (Å²) in [4.78, 5) is 12.3. The SMILES string of the molecule is COc1c(Cl)cc(C(=O)Nn2c(C)nnc2SC)cc1Cl. The second kappa shape index (κ2) is 6.55. The number of carbonyl (C=O) groups excluding carboxylic acids is 1. The summed E-state index contributed by atoms with van der Waals surface area (Å²) in [6.45, 7) is 1.74. The molecule has 1 aromatic heterocycles. The molecule has 0 saturated carbocycles. The molecule has 0 saturated heterocycles. The van der Waals surface area contributed by atoms with Crippen LogP contribution in [0, 0.1) is 6.92 Å². The zero-order valence-electron chi connectivity index (χ0n) is 11.5. The van der Waals surface area contributed by atoms with Crippen LogP contribution in [0.1, 0.15) is 16.2 Å². The quantitative estimate of drug-likeness (QED) is 0.861. The highest BCUT2D eigenvalue weighted by molar-refractivity contribution is 7.98. The molecule has 0 atom stereocenters. The molecule has 21 heavy (non-hydrogen) atoms. The number of hydrogen-bond donors (Lipinski definition) is 1. The number of nitrogens with zero attached hydrogens (tertiary/aromatic N) is 3. The van der Waals surface area contributed by atoms with Crippen LogP contribution >= 0.6 is 35.0 Å². The first-order chi connectivity index (χ1) is 9.97. The van der Waals surface area contributed by atoms with Gasteiger partial charge in [-0.1, -0.05) is 35.0 Å². The maximum atomic E-state index is 12.3. The number of nitrogens with one attached hydrogen (secondary N) is 1. The number of amides is 1. The molecule has 0 radical (unpaired) electrons. The number of thioether (sulfide) groups is 1. The van der Waals surface area contributed by atoms with Crippen LogP contribution in [0.2, 0.25) is 10.0 Å². The Hall–Kier alpha value is -1.44. The number of aromatic nitrogens is 3. The lowest BCUT2D eigenvalue weighted by Crippen LogP contribution is -2.24. The number of benzene rings is 1. The van der Waals surface area contributed by atoms with Gasteiger partial charge in [-0.05, 0) is 25.3 Å². The molecule has 1 N–H and O–H groups in total. The Labute approximate surface area is 135 Å². The minimum absolute atomic E-state index is 0.265. The normalized spacial score (nSPS) is 10.5. The zero-order chi connectivity index (χ0) is 15.6. The molecule has 0 aliphatic rings. The van der Waals surface area contributed by atoms with Gasteiger partial charge in [0.15, 0.2) is 5.75 Å². The molecule has 2 rings (SSSR count). The first-order valence-electron chi connectivity index (χ1n) is 5.78. The van der Waals surface area contributed by atoms with E-state index < -0.39 is 0 Å². The van der Waals surface area contributed by atoms with E-state index in [4.69, 9.17) is 27.9 Å². The Balaban J connectivity index is 2.31. The average molecular weight is 347 g/mol. The van der Waals surface area contributed by atoms with E-state index in [1.807, 2.05) is 6.26 Å². The molecular formula is C12H12Cl2N4O2S. The van der Waals surface area contributed by atoms with Gasteiger partial charge in [-0.25, -0.2) is 4.68 Å². The summed E-state index contributed by atoms with van der Waals surface area (Å²) < 4.78 is 6.55. The van der Waals surface area contributed by atoms with Crippen LogP contribution in [0.25, 0.3) is 0 Å². The lowest BCUT2D eigenvalue weighted by Gasteiger charge is -2.11. The van der Waals surface area contributed by atoms with Crippen molar-refractivity contribution in [1.82, 2.24) is 14.9 Å². The summed E-state index contributed by atoms with van der Waals surface area (Å²) >= 11 is 13.4. The number of hydrogen-bond acceptors (Lipinski definition) is 5. The molecule has 1 heterocycles. The monoisotopic (exact) mass is 346 g/mol. The fraction of sp³-hybridized carbons (Fsp3) is 0.250. The number of halogens is 2. The van der Waals surface area contributed by atoms with Crippen LogP contribution < -0.4 is 10.2 Å². The molecule has 0 aliphatic carbocycles. The molecule has 0 spiro atoms. The average Bonchev–Trinajstić information content (AvgIpc) is 2.79. The van der Waals surface area contributed by atoms with Gasteiger partial charge < -0.3 is 4.74 Å². The molecule has 0 fully saturated rings. The van der Waals surface area contributed by atoms with Crippen molar-refractivity contribution in [2.75, 3.05) is 18.8 Å². The summed E-state index contributed by atoms with van der Waals surface area (Å²) in [6, 6.07) is 2.97. The van der Waals surface area contributed by atoms with E-state index in [1.165, 1.54) is 35.7 Å². The van der Waals surface area contributed by atoms with Gasteiger partial charge in [-0.15, -0.1) is 10.2 Å². The first kappa shape index (κ1) is 15.9. The van der Waals surface area contributed by atoms with E-state index in [0.29, 0.717) is 22.3 Å². The Kier molecular flexibility index (Phi) is 4.97. The lowest BCUT2D eigenvalue weighted by atomic mass is 10.2. The van der Waals surface area contributed by atoms with E-state index in [2.05, 4.69) is 15.6 Å². The van der Waals surface area contributed by atoms with Crippen LogP contribution in [0.15, 0.2) is 17.3 Å². The summed E-state index contributed by atoms with van der Waals surface area (Å²) in [5.41, 5.74) is 3.00. The summed E-state index contributed by atoms with van der Waals surface area (Å²) in [5.74, 6) is 0.526. The van der Waals surface area contributed by atoms with Gasteiger partial charge >= 0.3 is 0 Å². The highest BCUT2D eigenvalue weighted by atomic mass is 35.5. The van der Waals surface area contributed by atoms with Crippen LogP contribution in [0.5, 0.6) is 5.75 Å². The predicted molar refractivity (Wildman–Crippen MR) is 83.2 cm³/mol. The van der Waals surface area contributed by atoms with Crippen LogP contribution in [0.3, 0.4) is 0 Å². The molecule has 1 aromatic carbocycles. The second-order valence-corrected chi connectivity index (χ2v) is 5.57. The van der Waals surface area contributed by atoms with Crippen molar-refractivity contribution in [2.45, 2.75) is 12.1 Å². The van der Waals surface area contributed by atoms with Crippen LogP contribution in [-0.4, -0.2) is 34.1 Å². The van der Waals surface area contributed by atoms with Crippen molar-refractivity contribution >= 4 is 40.9 Å². The smallest absolute Gasteiger partial charge is 0.270 e. The predicted octanol–water partition coefficient (Wildman–Crippen LogP) is 3.01. The van der Waals surface area contributed by atoms with Gasteiger partial charge in [0, 0.05) is 5.56 Å². The first-order valence-corrected chi connectivity index (χ1v) is 7.76. The van der Waals surface area contributed by atoms with Gasteiger partial charge in [-0.2, -0.15) is 0 Å². The molecular weight excluding hydrogens is 335 g/mol. The van der Waals surface area contributed by atoms with Gasteiger partial charge in [0.1, 0.15) is 5.82 Å². The number of carbonyl (C=O) groups is 1. The van der Waals surface area contributed by atoms with Gasteiger partial charge in [0.2, 0.25) is 5.16 Å². The van der Waals surface area contributed by atoms with E-state index in [0.717, 1.165) is 0 Å². The van der Waals surface area contributed by atoms with Crippen molar-refractivity contribution in [1.29, 1.82) is 0 Å². The standard InChI is InChI=1S/C12H12Cl2N4O2S/c1-6-15-16-12(21-3)18(6)17-11(19)7-4-8(13)10(20-2)9(14)5-7/h4-5H,1-3H3,(H,17,19). The number of ether oxygens (including phenoxy) is 1. The highest BCUT2D eigenvalue weighted by Crippen LogP contribution is 2.33. The summed E-state index contributed by atoms with van der Waals surface area (Å²) in [6.07, 6.45) is 1.84. The lowest BCUT2D eigenvalue weighted by molar-refractivity contribution is 0.100. The Morgan fingerprint density at radius 2 is 1.95 bits per heavy atom. The third-order valence-electron chi connectivity index (χ3n) is 2.66. The van der Waals surface area contributed by atoms with Crippen LogP contribution in [-0.2, 0) is 0 Å². The van der Waals surface area contributed by atoms with E-state index in [9.17, 15) is 4.79 Å². The number of aryl methyl sites for hydroxylation is 1. The summed E-state index contributed by atoms with van der Waals surface area (Å²) in [5, 5.41) is 8.94. The topological polar surface area (TPSA) is 69.0 Å². The maximum absolute atomic E-state index is 12.3. The number of methoxy groups -OCH3 is 1.